The molecule has 0 aliphatic carbocycles. The van der Waals surface area contributed by atoms with E-state index in [-0.39, 0.29) is 17.6 Å². The topological polar surface area (TPSA) is 80.3 Å². The van der Waals surface area contributed by atoms with Gasteiger partial charge in [-0.3, -0.25) is 4.79 Å². The van der Waals surface area contributed by atoms with Crippen molar-refractivity contribution < 1.29 is 14.3 Å². The number of piperidine rings is 1. The van der Waals surface area contributed by atoms with Gasteiger partial charge in [-0.2, -0.15) is 0 Å². The van der Waals surface area contributed by atoms with Crippen LogP contribution in [0.25, 0.3) is 0 Å². The minimum absolute atomic E-state index is 0.0263. The molecule has 7 nitrogen and oxygen atoms in total. The summed E-state index contributed by atoms with van der Waals surface area (Å²) in [6.45, 7) is 1.86. The smallest absolute Gasteiger partial charge is 0.316 e. The summed E-state index contributed by atoms with van der Waals surface area (Å²) in [5, 5.41) is 0. The molecule has 4 rings (SSSR count). The Kier molecular flexibility index (Phi) is 3.93. The summed E-state index contributed by atoms with van der Waals surface area (Å²) in [4.78, 5) is 25.6. The van der Waals surface area contributed by atoms with Crippen molar-refractivity contribution in [3.05, 3.63) is 42.5 Å². The summed E-state index contributed by atoms with van der Waals surface area (Å²) in [7, 11) is 0. The van der Waals surface area contributed by atoms with Gasteiger partial charge in [-0.15, -0.1) is 0 Å². The summed E-state index contributed by atoms with van der Waals surface area (Å²) in [5.41, 5.74) is 0.301. The van der Waals surface area contributed by atoms with Crippen molar-refractivity contribution in [2.75, 3.05) is 19.7 Å². The van der Waals surface area contributed by atoms with Gasteiger partial charge in [0.2, 0.25) is 0 Å². The number of H-pyrrole nitrogens is 1. The molecule has 1 amide bonds. The maximum Gasteiger partial charge on any atom is 0.316 e. The lowest BCUT2D eigenvalue weighted by Gasteiger charge is -2.39. The molecule has 24 heavy (non-hydrogen) atoms. The maximum atomic E-state index is 12.6. The first kappa shape index (κ1) is 15.1. The Morgan fingerprint density at radius 1 is 1.38 bits per heavy atom. The summed E-state index contributed by atoms with van der Waals surface area (Å²) < 4.78 is 11.9. The predicted octanol–water partition coefficient (Wildman–Crippen LogP) is 1.65. The Morgan fingerprint density at radius 2 is 2.25 bits per heavy atom. The van der Waals surface area contributed by atoms with Crippen LogP contribution in [0.4, 0.5) is 0 Å². The fraction of sp³-hybridized carbons (Fsp3) is 0.471. The second-order valence-corrected chi connectivity index (χ2v) is 6.38. The van der Waals surface area contributed by atoms with Gasteiger partial charge in [0.25, 0.3) is 5.91 Å². The van der Waals surface area contributed by atoms with E-state index in [0.29, 0.717) is 24.9 Å². The van der Waals surface area contributed by atoms with Crippen molar-refractivity contribution in [2.45, 2.75) is 31.0 Å². The van der Waals surface area contributed by atoms with Crippen molar-refractivity contribution in [2.24, 2.45) is 0 Å². The van der Waals surface area contributed by atoms with Crippen LogP contribution in [0.2, 0.25) is 0 Å². The van der Waals surface area contributed by atoms with Crippen LogP contribution in [-0.4, -0.2) is 57.2 Å². The maximum absolute atomic E-state index is 12.6. The van der Waals surface area contributed by atoms with Crippen LogP contribution in [-0.2, 0) is 4.74 Å². The number of hydrogen-bond acceptors (Lipinski definition) is 5. The van der Waals surface area contributed by atoms with Gasteiger partial charge in [0.1, 0.15) is 11.8 Å². The second-order valence-electron chi connectivity index (χ2n) is 6.38. The van der Waals surface area contributed by atoms with Crippen molar-refractivity contribution >= 4 is 5.91 Å². The van der Waals surface area contributed by atoms with Gasteiger partial charge in [0.05, 0.1) is 18.8 Å². The minimum atomic E-state index is -0.319. The molecule has 0 bridgehead atoms. The van der Waals surface area contributed by atoms with Crippen LogP contribution in [0.15, 0.2) is 36.8 Å². The lowest BCUT2D eigenvalue weighted by molar-refractivity contribution is -0.0454. The molecule has 126 valence electrons. The molecule has 2 aliphatic rings. The molecule has 0 aromatic carbocycles. The first-order valence-electron chi connectivity index (χ1n) is 8.24. The number of nitrogens with one attached hydrogen (secondary N) is 1. The van der Waals surface area contributed by atoms with E-state index in [4.69, 9.17) is 9.47 Å². The fourth-order valence-electron chi connectivity index (χ4n) is 3.56. The first-order chi connectivity index (χ1) is 11.7. The van der Waals surface area contributed by atoms with Crippen LogP contribution in [0.5, 0.6) is 6.01 Å². The van der Waals surface area contributed by atoms with E-state index >= 15 is 0 Å². The second kappa shape index (κ2) is 6.24. The van der Waals surface area contributed by atoms with Gasteiger partial charge in [-0.1, -0.05) is 0 Å². The number of amides is 1. The van der Waals surface area contributed by atoms with Gasteiger partial charge >= 0.3 is 6.01 Å². The molecule has 1 spiro atoms. The monoisotopic (exact) mass is 328 g/mol. The molecule has 2 aromatic rings. The van der Waals surface area contributed by atoms with Crippen molar-refractivity contribution in [3.8, 4) is 6.01 Å². The van der Waals surface area contributed by atoms with E-state index in [2.05, 4.69) is 15.0 Å². The van der Waals surface area contributed by atoms with Gasteiger partial charge in [-0.05, 0) is 31.0 Å². The predicted molar refractivity (Wildman–Crippen MR) is 85.7 cm³/mol. The van der Waals surface area contributed by atoms with Crippen LogP contribution in [0.1, 0.15) is 29.8 Å². The van der Waals surface area contributed by atoms with E-state index in [1.54, 1.807) is 30.7 Å². The largest absolute Gasteiger partial charge is 0.458 e. The zero-order chi connectivity index (χ0) is 16.4. The average molecular weight is 328 g/mol. The molecule has 0 saturated carbocycles. The van der Waals surface area contributed by atoms with Gasteiger partial charge in [-0.25, -0.2) is 9.97 Å². The molecule has 2 aliphatic heterocycles. The summed E-state index contributed by atoms with van der Waals surface area (Å²) in [6, 6.07) is 5.77. The van der Waals surface area contributed by atoms with E-state index in [1.807, 2.05) is 11.0 Å². The Morgan fingerprint density at radius 3 is 3.04 bits per heavy atom. The van der Waals surface area contributed by atoms with Crippen molar-refractivity contribution in [1.82, 2.24) is 19.9 Å². The number of ether oxygens (including phenoxy) is 2. The highest BCUT2D eigenvalue weighted by molar-refractivity contribution is 5.92. The van der Waals surface area contributed by atoms with Crippen molar-refractivity contribution in [1.29, 1.82) is 0 Å². The molecular weight excluding hydrogens is 308 g/mol. The molecular formula is C17H20N4O3. The first-order valence-corrected chi connectivity index (χ1v) is 8.24. The van der Waals surface area contributed by atoms with Crippen LogP contribution >= 0.6 is 0 Å². The van der Waals surface area contributed by atoms with Gasteiger partial charge in [0.15, 0.2) is 0 Å². The van der Waals surface area contributed by atoms with E-state index in [9.17, 15) is 4.79 Å². The molecule has 0 radical (unpaired) electrons. The number of aromatic amines is 1. The molecule has 0 unspecified atom stereocenters. The molecule has 2 saturated heterocycles. The van der Waals surface area contributed by atoms with Gasteiger partial charge < -0.3 is 19.4 Å². The highest BCUT2D eigenvalue weighted by atomic mass is 16.6. The summed E-state index contributed by atoms with van der Waals surface area (Å²) in [6.07, 6.45) is 7.63. The van der Waals surface area contributed by atoms with Gasteiger partial charge in [0, 0.05) is 31.6 Å². The third kappa shape index (κ3) is 2.99. The highest BCUT2D eigenvalue weighted by Crippen LogP contribution is 2.36. The van der Waals surface area contributed by atoms with Crippen LogP contribution < -0.4 is 4.74 Å². The van der Waals surface area contributed by atoms with Crippen molar-refractivity contribution in [3.63, 3.8) is 0 Å². The number of nitrogens with zero attached hydrogens (tertiary/aromatic N) is 3. The average Bonchev–Trinajstić information content (AvgIpc) is 3.26. The highest BCUT2D eigenvalue weighted by Gasteiger charge is 2.45. The quantitative estimate of drug-likeness (QED) is 0.926. The summed E-state index contributed by atoms with van der Waals surface area (Å²) >= 11 is 0. The minimum Gasteiger partial charge on any atom is -0.458 e. The number of rotatable bonds is 3. The normalized spacial score (nSPS) is 26.7. The SMILES string of the molecule is O=C(c1ccc[nH]1)N1CCC[C@]2(C[C@H](Oc3ncccn3)CO2)C1. The van der Waals surface area contributed by atoms with Crippen LogP contribution in [0.3, 0.4) is 0 Å². The zero-order valence-corrected chi connectivity index (χ0v) is 13.4. The molecule has 2 atom stereocenters. The number of aromatic nitrogens is 3. The standard InChI is InChI=1S/C17H20N4O3/c22-15(14-4-1-6-18-14)21-9-2-5-17(12-21)10-13(11-23-17)24-16-19-7-3-8-20-16/h1,3-4,6-8,13,18H,2,5,9-12H2/t13-,17-/m0/s1. The molecule has 2 aromatic heterocycles. The number of carbonyl (C=O) groups excluding carboxylic acids is 1. The lowest BCUT2D eigenvalue weighted by atomic mass is 9.89. The number of hydrogen-bond donors (Lipinski definition) is 1. The molecule has 1 N–H and O–H groups in total. The number of likely N-dealkylation sites (tertiary alicyclic amines) is 1. The molecule has 7 heteroatoms. The Balaban J connectivity index is 1.41. The summed E-state index contributed by atoms with van der Waals surface area (Å²) in [5.74, 6) is 0.0263. The molecule has 4 heterocycles. The Hall–Kier alpha value is -2.41. The fourth-order valence-corrected chi connectivity index (χ4v) is 3.56. The number of carbonyl (C=O) groups is 1. The third-order valence-electron chi connectivity index (χ3n) is 4.64. The Bertz CT molecular complexity index is 691. The molecule has 2 fully saturated rings. The lowest BCUT2D eigenvalue weighted by Crippen LogP contribution is -2.50. The zero-order valence-electron chi connectivity index (χ0n) is 13.4. The Labute approximate surface area is 140 Å². The van der Waals surface area contributed by atoms with Crippen LogP contribution in [0, 0.1) is 0 Å². The van der Waals surface area contributed by atoms with E-state index in [0.717, 1.165) is 25.8 Å². The van der Waals surface area contributed by atoms with E-state index < -0.39 is 0 Å². The third-order valence-corrected chi connectivity index (χ3v) is 4.64. The van der Waals surface area contributed by atoms with E-state index in [1.165, 1.54) is 0 Å².